The summed E-state index contributed by atoms with van der Waals surface area (Å²) in [6.07, 6.45) is 6.82. The van der Waals surface area contributed by atoms with Crippen molar-refractivity contribution in [1.29, 1.82) is 0 Å². The van der Waals surface area contributed by atoms with E-state index in [1.54, 1.807) is 6.92 Å². The first-order valence-electron chi connectivity index (χ1n) is 8.51. The fraction of sp³-hybridized carbons (Fsp3) is 0.824. The van der Waals surface area contributed by atoms with Gasteiger partial charge in [0, 0.05) is 33.8 Å². The van der Waals surface area contributed by atoms with E-state index < -0.39 is 8.07 Å². The van der Waals surface area contributed by atoms with E-state index in [9.17, 15) is 4.79 Å². The summed E-state index contributed by atoms with van der Waals surface area (Å²) >= 11 is 3.34. The van der Waals surface area contributed by atoms with Crippen LogP contribution in [0.25, 0.3) is 0 Å². The molecule has 0 aromatic carbocycles. The lowest BCUT2D eigenvalue weighted by molar-refractivity contribution is -0.109. The van der Waals surface area contributed by atoms with Crippen LogP contribution in [0.15, 0.2) is 11.0 Å². The lowest BCUT2D eigenvalue weighted by Crippen LogP contribution is -2.23. The van der Waals surface area contributed by atoms with Gasteiger partial charge in [0.15, 0.2) is 5.12 Å². The molecular weight excluding hydrogens is 344 g/mol. The first-order chi connectivity index (χ1) is 10.9. The van der Waals surface area contributed by atoms with E-state index in [-0.39, 0.29) is 11.2 Å². The van der Waals surface area contributed by atoms with Crippen LogP contribution in [0.5, 0.6) is 0 Å². The van der Waals surface area contributed by atoms with Crippen molar-refractivity contribution >= 4 is 36.7 Å². The largest absolute Gasteiger partial charge is 0.356 e. The highest BCUT2D eigenvalue weighted by molar-refractivity contribution is 8.13. The Bertz CT molecular complexity index is 381. The van der Waals surface area contributed by atoms with E-state index >= 15 is 0 Å². The molecule has 0 aromatic heterocycles. The van der Waals surface area contributed by atoms with Crippen LogP contribution in [-0.2, 0) is 14.3 Å². The Hall–Kier alpha value is 0.247. The van der Waals surface area contributed by atoms with Crippen LogP contribution >= 0.6 is 23.5 Å². The van der Waals surface area contributed by atoms with E-state index in [2.05, 4.69) is 25.7 Å². The van der Waals surface area contributed by atoms with Crippen molar-refractivity contribution in [3.05, 3.63) is 11.0 Å². The quantitative estimate of drug-likeness (QED) is 0.283. The van der Waals surface area contributed by atoms with Crippen molar-refractivity contribution in [2.75, 3.05) is 24.9 Å². The lowest BCUT2D eigenvalue weighted by atomic mass is 10.1. The molecule has 134 valence electrons. The summed E-state index contributed by atoms with van der Waals surface area (Å²) in [5, 5.41) is 0.182. The molecule has 1 atom stereocenters. The zero-order valence-corrected chi connectivity index (χ0v) is 17.7. The molecule has 0 aromatic rings. The van der Waals surface area contributed by atoms with Gasteiger partial charge in [0.2, 0.25) is 0 Å². The molecule has 0 amide bonds. The van der Waals surface area contributed by atoms with Crippen molar-refractivity contribution < 1.29 is 14.3 Å². The number of hydrogen-bond acceptors (Lipinski definition) is 5. The molecular formula is C17H32O3S2Si. The van der Waals surface area contributed by atoms with Crippen LogP contribution in [-0.4, -0.2) is 44.2 Å². The van der Waals surface area contributed by atoms with Crippen LogP contribution in [0, 0.1) is 0 Å². The van der Waals surface area contributed by atoms with Gasteiger partial charge in [-0.25, -0.2) is 0 Å². The molecule has 0 spiro atoms. The molecule has 1 aliphatic rings. The molecule has 0 saturated heterocycles. The Kier molecular flexibility index (Phi) is 10.9. The first-order valence-corrected chi connectivity index (χ1v) is 14.2. The Morgan fingerprint density at radius 3 is 2.83 bits per heavy atom. The number of allylic oxidation sites excluding steroid dienone is 1. The highest BCUT2D eigenvalue weighted by Crippen LogP contribution is 2.29. The summed E-state index contributed by atoms with van der Waals surface area (Å²) in [6.45, 7) is 9.85. The van der Waals surface area contributed by atoms with E-state index in [4.69, 9.17) is 9.47 Å². The van der Waals surface area contributed by atoms with Gasteiger partial charge < -0.3 is 9.47 Å². The average molecular weight is 377 g/mol. The van der Waals surface area contributed by atoms with Crippen LogP contribution in [0.1, 0.15) is 32.6 Å². The van der Waals surface area contributed by atoms with Crippen molar-refractivity contribution in [3.8, 4) is 0 Å². The predicted octanol–water partition coefficient (Wildman–Crippen LogP) is 5.15. The summed E-state index contributed by atoms with van der Waals surface area (Å²) in [7, 11) is -1.04. The summed E-state index contributed by atoms with van der Waals surface area (Å²) in [6, 6.07) is 1.17. The maximum atomic E-state index is 11.1. The number of ether oxygens (including phenoxy) is 2. The van der Waals surface area contributed by atoms with Gasteiger partial charge in [-0.05, 0) is 36.0 Å². The normalized spacial score (nSPS) is 17.0. The maximum absolute atomic E-state index is 11.1. The van der Waals surface area contributed by atoms with Gasteiger partial charge in [0.25, 0.3) is 0 Å². The van der Waals surface area contributed by atoms with Gasteiger partial charge >= 0.3 is 0 Å². The van der Waals surface area contributed by atoms with Crippen LogP contribution in [0.2, 0.25) is 25.7 Å². The molecule has 0 radical (unpaired) electrons. The molecule has 1 unspecified atom stereocenters. The zero-order chi connectivity index (χ0) is 17.1. The molecule has 0 aliphatic carbocycles. The Labute approximate surface area is 151 Å². The number of carbonyl (C=O) groups is 1. The zero-order valence-electron chi connectivity index (χ0n) is 15.1. The second-order valence-electron chi connectivity index (χ2n) is 7.12. The van der Waals surface area contributed by atoms with E-state index in [0.717, 1.165) is 25.2 Å². The molecule has 6 heteroatoms. The van der Waals surface area contributed by atoms with Gasteiger partial charge in [-0.1, -0.05) is 37.5 Å². The van der Waals surface area contributed by atoms with Crippen LogP contribution < -0.4 is 0 Å². The van der Waals surface area contributed by atoms with Crippen molar-refractivity contribution in [1.82, 2.24) is 0 Å². The molecule has 1 rings (SSSR count). The van der Waals surface area contributed by atoms with Crippen LogP contribution in [0.3, 0.4) is 0 Å². The van der Waals surface area contributed by atoms with Gasteiger partial charge in [-0.3, -0.25) is 4.79 Å². The molecule has 3 nitrogen and oxygen atoms in total. The van der Waals surface area contributed by atoms with E-state index in [1.165, 1.54) is 41.3 Å². The Morgan fingerprint density at radius 2 is 2.22 bits per heavy atom. The Morgan fingerprint density at radius 1 is 1.43 bits per heavy atom. The minimum atomic E-state index is -1.04. The average Bonchev–Trinajstić information content (AvgIpc) is 2.46. The number of carbonyl (C=O) groups excluding carboxylic acids is 1. The topological polar surface area (TPSA) is 35.5 Å². The molecule has 0 N–H and O–H groups in total. The first kappa shape index (κ1) is 21.3. The smallest absolute Gasteiger partial charge is 0.185 e. The van der Waals surface area contributed by atoms with Gasteiger partial charge in [0.1, 0.15) is 6.79 Å². The van der Waals surface area contributed by atoms with Crippen molar-refractivity contribution in [2.24, 2.45) is 0 Å². The third-order valence-corrected chi connectivity index (χ3v) is 7.31. The van der Waals surface area contributed by atoms with E-state index in [1.807, 2.05) is 11.8 Å². The van der Waals surface area contributed by atoms with E-state index in [0.29, 0.717) is 6.79 Å². The van der Waals surface area contributed by atoms with Gasteiger partial charge in [-0.2, -0.15) is 0 Å². The molecule has 0 saturated carbocycles. The standard InChI is InChI=1S/C17H32O3S2Si/c1-15(18)21-11-8-16(13-17-7-5-6-10-22-17)20-14-19-9-12-23(2,3)4/h7,16H,5-6,8-14H2,1-4H3. The predicted molar refractivity (Wildman–Crippen MR) is 106 cm³/mol. The second-order valence-corrected chi connectivity index (χ2v) is 15.2. The number of rotatable bonds is 11. The monoisotopic (exact) mass is 376 g/mol. The summed E-state index contributed by atoms with van der Waals surface area (Å²) in [5.74, 6) is 2.04. The molecule has 23 heavy (non-hydrogen) atoms. The fourth-order valence-electron chi connectivity index (χ4n) is 2.14. The number of hydrogen-bond donors (Lipinski definition) is 0. The van der Waals surface area contributed by atoms with Gasteiger partial charge in [-0.15, -0.1) is 11.8 Å². The third-order valence-electron chi connectivity index (χ3n) is 3.57. The highest BCUT2D eigenvalue weighted by Gasteiger charge is 2.16. The summed E-state index contributed by atoms with van der Waals surface area (Å²) < 4.78 is 11.6. The minimum absolute atomic E-state index is 0.158. The summed E-state index contributed by atoms with van der Waals surface area (Å²) in [5.41, 5.74) is 0. The third kappa shape index (κ3) is 12.3. The molecule has 0 fully saturated rings. The molecule has 0 bridgehead atoms. The SMILES string of the molecule is CC(=O)SCCC(CC1=CCCCS1)OCOCC[Si](C)(C)C. The van der Waals surface area contributed by atoms with Crippen molar-refractivity contribution in [3.63, 3.8) is 0 Å². The second kappa shape index (κ2) is 11.7. The highest BCUT2D eigenvalue weighted by atomic mass is 32.2. The van der Waals surface area contributed by atoms with Gasteiger partial charge in [0.05, 0.1) is 6.10 Å². The van der Waals surface area contributed by atoms with Crippen LogP contribution in [0.4, 0.5) is 0 Å². The molecule has 1 heterocycles. The van der Waals surface area contributed by atoms with Crippen molar-refractivity contribution in [2.45, 2.75) is 64.4 Å². The number of thioether (sulfide) groups is 2. The lowest BCUT2D eigenvalue weighted by Gasteiger charge is -2.21. The fourth-order valence-corrected chi connectivity index (χ4v) is 4.67. The minimum Gasteiger partial charge on any atom is -0.356 e. The Balaban J connectivity index is 2.31. The summed E-state index contributed by atoms with van der Waals surface area (Å²) in [4.78, 5) is 12.5. The maximum Gasteiger partial charge on any atom is 0.185 e. The molecule has 1 aliphatic heterocycles.